The molecule has 0 bridgehead atoms. The molecule has 0 aromatic carbocycles. The second kappa shape index (κ2) is 7.85. The quantitative estimate of drug-likeness (QED) is 0.689. The van der Waals surface area contributed by atoms with Crippen LogP contribution in [0.5, 0.6) is 0 Å². The minimum Gasteiger partial charge on any atom is -0.381 e. The molecule has 3 heteroatoms. The van der Waals surface area contributed by atoms with Crippen LogP contribution in [0.4, 0.5) is 0 Å². The van der Waals surface area contributed by atoms with Gasteiger partial charge in [-0.05, 0) is 37.8 Å². The first-order chi connectivity index (χ1) is 7.34. The standard InChI is InChI=1S/C12H21NOS/c1-3-8-14-9-5-7-13-11(2)12-6-4-10-15-12/h4,6,10-11,13H,3,5,7-9H2,1-2H3. The van der Waals surface area contributed by atoms with Crippen molar-refractivity contribution in [3.63, 3.8) is 0 Å². The van der Waals surface area contributed by atoms with E-state index in [4.69, 9.17) is 4.74 Å². The SMILES string of the molecule is CCCOCCCNC(C)c1cccs1. The van der Waals surface area contributed by atoms with Crippen LogP contribution in [0, 0.1) is 0 Å². The van der Waals surface area contributed by atoms with Gasteiger partial charge < -0.3 is 10.1 Å². The molecule has 1 aromatic rings. The highest BCUT2D eigenvalue weighted by molar-refractivity contribution is 7.10. The average Bonchev–Trinajstić information content (AvgIpc) is 2.76. The van der Waals surface area contributed by atoms with Gasteiger partial charge in [-0.25, -0.2) is 0 Å². The monoisotopic (exact) mass is 227 g/mol. The fraction of sp³-hybridized carbons (Fsp3) is 0.667. The van der Waals surface area contributed by atoms with Crippen LogP contribution in [0.1, 0.15) is 37.6 Å². The van der Waals surface area contributed by atoms with E-state index < -0.39 is 0 Å². The number of hydrogen-bond donors (Lipinski definition) is 1. The molecule has 15 heavy (non-hydrogen) atoms. The van der Waals surface area contributed by atoms with Gasteiger partial charge in [0.2, 0.25) is 0 Å². The first-order valence-corrected chi connectivity index (χ1v) is 6.57. The second-order valence-corrected chi connectivity index (χ2v) is 4.64. The van der Waals surface area contributed by atoms with Gasteiger partial charge in [0.1, 0.15) is 0 Å². The lowest BCUT2D eigenvalue weighted by atomic mass is 10.2. The first-order valence-electron chi connectivity index (χ1n) is 5.69. The van der Waals surface area contributed by atoms with Crippen molar-refractivity contribution in [3.05, 3.63) is 22.4 Å². The van der Waals surface area contributed by atoms with E-state index in [0.717, 1.165) is 32.6 Å². The molecule has 1 rings (SSSR count). The molecule has 86 valence electrons. The van der Waals surface area contributed by atoms with Gasteiger partial charge in [0, 0.05) is 24.1 Å². The normalized spacial score (nSPS) is 12.9. The zero-order chi connectivity index (χ0) is 10.9. The molecule has 0 amide bonds. The van der Waals surface area contributed by atoms with Crippen LogP contribution in [0.3, 0.4) is 0 Å². The molecule has 2 nitrogen and oxygen atoms in total. The van der Waals surface area contributed by atoms with Crippen LogP contribution < -0.4 is 5.32 Å². The third-order valence-electron chi connectivity index (χ3n) is 2.23. The Balaban J connectivity index is 2.00. The molecule has 0 saturated heterocycles. The smallest absolute Gasteiger partial charge is 0.0478 e. The third kappa shape index (κ3) is 5.30. The molecule has 1 unspecified atom stereocenters. The van der Waals surface area contributed by atoms with Crippen LogP contribution >= 0.6 is 11.3 Å². The highest BCUT2D eigenvalue weighted by atomic mass is 32.1. The Morgan fingerprint density at radius 2 is 2.33 bits per heavy atom. The van der Waals surface area contributed by atoms with E-state index in [1.807, 2.05) is 11.3 Å². The maximum atomic E-state index is 5.42. The molecule has 1 N–H and O–H groups in total. The van der Waals surface area contributed by atoms with Crippen LogP contribution in [0.15, 0.2) is 17.5 Å². The van der Waals surface area contributed by atoms with Crippen LogP contribution in [0.25, 0.3) is 0 Å². The van der Waals surface area contributed by atoms with Gasteiger partial charge in [-0.3, -0.25) is 0 Å². The fourth-order valence-corrected chi connectivity index (χ4v) is 2.14. The van der Waals surface area contributed by atoms with Gasteiger partial charge in [0.25, 0.3) is 0 Å². The summed E-state index contributed by atoms with van der Waals surface area (Å²) < 4.78 is 5.42. The van der Waals surface area contributed by atoms with E-state index >= 15 is 0 Å². The summed E-state index contributed by atoms with van der Waals surface area (Å²) in [5.41, 5.74) is 0. The lowest BCUT2D eigenvalue weighted by molar-refractivity contribution is 0.132. The van der Waals surface area contributed by atoms with E-state index in [9.17, 15) is 0 Å². The van der Waals surface area contributed by atoms with Gasteiger partial charge in [-0.1, -0.05) is 13.0 Å². The molecule has 1 atom stereocenters. The predicted molar refractivity (Wildman–Crippen MR) is 66.5 cm³/mol. The molecule has 0 radical (unpaired) electrons. The number of ether oxygens (including phenoxy) is 1. The lowest BCUT2D eigenvalue weighted by Crippen LogP contribution is -2.20. The Morgan fingerprint density at radius 1 is 1.47 bits per heavy atom. The Bertz CT molecular complexity index is 236. The van der Waals surface area contributed by atoms with Gasteiger partial charge in [0.15, 0.2) is 0 Å². The Hall–Kier alpha value is -0.380. The first kappa shape index (κ1) is 12.7. The van der Waals surface area contributed by atoms with Gasteiger partial charge >= 0.3 is 0 Å². The van der Waals surface area contributed by atoms with Crippen LogP contribution in [0.2, 0.25) is 0 Å². The summed E-state index contributed by atoms with van der Waals surface area (Å²) in [4.78, 5) is 1.41. The van der Waals surface area contributed by atoms with Crippen molar-refractivity contribution in [2.75, 3.05) is 19.8 Å². The Kier molecular flexibility index (Phi) is 6.64. The van der Waals surface area contributed by atoms with Crippen molar-refractivity contribution < 1.29 is 4.74 Å². The molecule has 0 aliphatic heterocycles. The zero-order valence-corrected chi connectivity index (χ0v) is 10.5. The van der Waals surface area contributed by atoms with Crippen LogP contribution in [-0.2, 0) is 4.74 Å². The van der Waals surface area contributed by atoms with E-state index in [1.54, 1.807) is 0 Å². The minimum absolute atomic E-state index is 0.469. The van der Waals surface area contributed by atoms with Crippen LogP contribution in [-0.4, -0.2) is 19.8 Å². The van der Waals surface area contributed by atoms with Crippen molar-refractivity contribution in [1.82, 2.24) is 5.32 Å². The van der Waals surface area contributed by atoms with Gasteiger partial charge in [-0.2, -0.15) is 0 Å². The van der Waals surface area contributed by atoms with Crippen molar-refractivity contribution >= 4 is 11.3 Å². The summed E-state index contributed by atoms with van der Waals surface area (Å²) in [5.74, 6) is 0. The second-order valence-electron chi connectivity index (χ2n) is 3.66. The molecule has 0 saturated carbocycles. The lowest BCUT2D eigenvalue weighted by Gasteiger charge is -2.11. The average molecular weight is 227 g/mol. The van der Waals surface area contributed by atoms with E-state index in [2.05, 4.69) is 36.7 Å². The van der Waals surface area contributed by atoms with Gasteiger partial charge in [-0.15, -0.1) is 11.3 Å². The maximum absolute atomic E-state index is 5.42. The molecule has 1 aromatic heterocycles. The van der Waals surface area contributed by atoms with Crippen molar-refractivity contribution in [3.8, 4) is 0 Å². The molecular formula is C12H21NOS. The Morgan fingerprint density at radius 3 is 3.00 bits per heavy atom. The van der Waals surface area contributed by atoms with Gasteiger partial charge in [0.05, 0.1) is 0 Å². The summed E-state index contributed by atoms with van der Waals surface area (Å²) in [6.45, 7) is 7.14. The molecular weight excluding hydrogens is 206 g/mol. The predicted octanol–water partition coefficient (Wildman–Crippen LogP) is 3.22. The zero-order valence-electron chi connectivity index (χ0n) is 9.66. The highest BCUT2D eigenvalue weighted by Gasteiger charge is 2.03. The third-order valence-corrected chi connectivity index (χ3v) is 3.29. The number of thiophene rings is 1. The van der Waals surface area contributed by atoms with Crippen molar-refractivity contribution in [1.29, 1.82) is 0 Å². The number of rotatable bonds is 8. The van der Waals surface area contributed by atoms with E-state index in [-0.39, 0.29) is 0 Å². The van der Waals surface area contributed by atoms with Crippen molar-refractivity contribution in [2.45, 2.75) is 32.7 Å². The highest BCUT2D eigenvalue weighted by Crippen LogP contribution is 2.17. The molecule has 1 heterocycles. The largest absolute Gasteiger partial charge is 0.381 e. The molecule has 0 spiro atoms. The molecule has 0 fully saturated rings. The number of nitrogens with one attached hydrogen (secondary N) is 1. The number of hydrogen-bond acceptors (Lipinski definition) is 3. The summed E-state index contributed by atoms with van der Waals surface area (Å²) in [6.07, 6.45) is 2.20. The Labute approximate surface area is 96.7 Å². The maximum Gasteiger partial charge on any atom is 0.0478 e. The summed E-state index contributed by atoms with van der Waals surface area (Å²) >= 11 is 1.81. The molecule has 0 aliphatic rings. The molecule has 0 aliphatic carbocycles. The van der Waals surface area contributed by atoms with E-state index in [1.165, 1.54) is 4.88 Å². The minimum atomic E-state index is 0.469. The fourth-order valence-electron chi connectivity index (χ4n) is 1.38. The topological polar surface area (TPSA) is 21.3 Å². The van der Waals surface area contributed by atoms with E-state index in [0.29, 0.717) is 6.04 Å². The van der Waals surface area contributed by atoms with Crippen molar-refractivity contribution in [2.24, 2.45) is 0 Å². The summed E-state index contributed by atoms with van der Waals surface area (Å²) in [6, 6.07) is 4.74. The summed E-state index contributed by atoms with van der Waals surface area (Å²) in [5, 5.41) is 5.62. The summed E-state index contributed by atoms with van der Waals surface area (Å²) in [7, 11) is 0.